The third-order valence-corrected chi connectivity index (χ3v) is 4.47. The van der Waals surface area contributed by atoms with E-state index in [0.29, 0.717) is 12.5 Å². The summed E-state index contributed by atoms with van der Waals surface area (Å²) in [4.78, 5) is 14.7. The highest BCUT2D eigenvalue weighted by molar-refractivity contribution is 5.70. The summed E-state index contributed by atoms with van der Waals surface area (Å²) in [5.74, 6) is -0.0377. The zero-order chi connectivity index (χ0) is 14.0. The van der Waals surface area contributed by atoms with Gasteiger partial charge in [0, 0.05) is 18.1 Å². The lowest BCUT2D eigenvalue weighted by Gasteiger charge is -2.40. The molecule has 3 heteroatoms. The van der Waals surface area contributed by atoms with Crippen molar-refractivity contribution in [2.45, 2.75) is 96.4 Å². The fourth-order valence-corrected chi connectivity index (χ4v) is 3.79. The molecule has 0 spiro atoms. The molecule has 0 N–H and O–H groups in total. The van der Waals surface area contributed by atoms with Gasteiger partial charge in [0.05, 0.1) is 6.42 Å². The molecule has 2 fully saturated rings. The number of carbonyl (C=O) groups excluding carboxylic acids is 1. The second-order valence-corrected chi connectivity index (χ2v) is 7.12. The van der Waals surface area contributed by atoms with Crippen LogP contribution in [0.3, 0.4) is 0 Å². The van der Waals surface area contributed by atoms with E-state index in [0.717, 1.165) is 18.5 Å². The Labute approximate surface area is 117 Å². The topological polar surface area (TPSA) is 29.5 Å². The zero-order valence-corrected chi connectivity index (χ0v) is 12.9. The summed E-state index contributed by atoms with van der Waals surface area (Å²) >= 11 is 0. The average Bonchev–Trinajstić information content (AvgIpc) is 2.55. The quantitative estimate of drug-likeness (QED) is 0.730. The molecule has 110 valence electrons. The Balaban J connectivity index is 1.95. The number of ether oxygens (including phenoxy) is 1. The molecule has 2 saturated heterocycles. The molecule has 0 saturated carbocycles. The largest absolute Gasteiger partial charge is 0.460 e. The monoisotopic (exact) mass is 267 g/mol. The summed E-state index contributed by atoms with van der Waals surface area (Å²) in [5.41, 5.74) is -0.365. The van der Waals surface area contributed by atoms with Gasteiger partial charge in [0.2, 0.25) is 0 Å². The molecule has 0 aromatic heterocycles. The Morgan fingerprint density at radius 3 is 2.26 bits per heavy atom. The molecule has 19 heavy (non-hydrogen) atoms. The minimum Gasteiger partial charge on any atom is -0.460 e. The van der Waals surface area contributed by atoms with Crippen molar-refractivity contribution in [3.63, 3.8) is 0 Å². The minimum atomic E-state index is -0.365. The minimum absolute atomic E-state index is 0.0377. The molecule has 0 radical (unpaired) electrons. The Bertz CT molecular complexity index is 305. The molecule has 2 aliphatic heterocycles. The van der Waals surface area contributed by atoms with E-state index in [1.165, 1.54) is 32.1 Å². The Morgan fingerprint density at radius 2 is 1.79 bits per heavy atom. The van der Waals surface area contributed by atoms with Crippen LogP contribution in [0.2, 0.25) is 0 Å². The zero-order valence-electron chi connectivity index (χ0n) is 12.9. The van der Waals surface area contributed by atoms with Crippen molar-refractivity contribution < 1.29 is 9.53 Å². The Kier molecular flexibility index (Phi) is 4.54. The maximum atomic E-state index is 12.1. The number of hydrogen-bond acceptors (Lipinski definition) is 3. The van der Waals surface area contributed by atoms with Gasteiger partial charge in [-0.05, 0) is 52.9 Å². The smallest absolute Gasteiger partial charge is 0.307 e. The number of piperidine rings is 1. The summed E-state index contributed by atoms with van der Waals surface area (Å²) in [5, 5.41) is 0. The molecular weight excluding hydrogens is 238 g/mol. The van der Waals surface area contributed by atoms with E-state index in [2.05, 4.69) is 11.8 Å². The molecule has 3 unspecified atom stereocenters. The van der Waals surface area contributed by atoms with Crippen LogP contribution in [0.1, 0.15) is 72.6 Å². The van der Waals surface area contributed by atoms with Crippen molar-refractivity contribution in [3.8, 4) is 0 Å². The van der Waals surface area contributed by atoms with Crippen LogP contribution in [0, 0.1) is 0 Å². The molecule has 2 rings (SSSR count). The number of fused-ring (bicyclic) bond motifs is 2. The van der Waals surface area contributed by atoms with Crippen LogP contribution in [0.15, 0.2) is 0 Å². The van der Waals surface area contributed by atoms with Crippen molar-refractivity contribution in [1.29, 1.82) is 0 Å². The van der Waals surface area contributed by atoms with Crippen LogP contribution in [-0.4, -0.2) is 34.6 Å². The number of carbonyl (C=O) groups is 1. The first kappa shape index (κ1) is 14.8. The molecule has 0 amide bonds. The SMILES string of the molecule is CCC(CC(=O)OC(C)(C)C)N1C2CCCC1CC2. The van der Waals surface area contributed by atoms with Crippen molar-refractivity contribution in [1.82, 2.24) is 4.90 Å². The Morgan fingerprint density at radius 1 is 1.21 bits per heavy atom. The highest BCUT2D eigenvalue weighted by atomic mass is 16.6. The second kappa shape index (κ2) is 5.82. The van der Waals surface area contributed by atoms with Crippen molar-refractivity contribution in [2.75, 3.05) is 0 Å². The molecule has 3 atom stereocenters. The van der Waals surface area contributed by atoms with Crippen LogP contribution in [-0.2, 0) is 9.53 Å². The van der Waals surface area contributed by atoms with Gasteiger partial charge in [-0.25, -0.2) is 0 Å². The normalized spacial score (nSPS) is 29.3. The van der Waals surface area contributed by atoms with E-state index in [1.54, 1.807) is 0 Å². The standard InChI is InChI=1S/C16H29NO2/c1-5-12(11-15(18)19-16(2,3)4)17-13-7-6-8-14(17)10-9-13/h12-14H,5-11H2,1-4H3. The predicted octanol–water partition coefficient (Wildman–Crippen LogP) is 3.51. The van der Waals surface area contributed by atoms with E-state index in [1.807, 2.05) is 20.8 Å². The van der Waals surface area contributed by atoms with Gasteiger partial charge in [0.25, 0.3) is 0 Å². The number of esters is 1. The summed E-state index contributed by atoms with van der Waals surface area (Å²) in [6.07, 6.45) is 8.27. The summed E-state index contributed by atoms with van der Waals surface area (Å²) < 4.78 is 5.49. The molecule has 0 aromatic carbocycles. The summed E-state index contributed by atoms with van der Waals surface area (Å²) in [6, 6.07) is 1.84. The predicted molar refractivity (Wildman–Crippen MR) is 77.0 cm³/mol. The number of hydrogen-bond donors (Lipinski definition) is 0. The molecule has 2 heterocycles. The molecule has 2 bridgehead atoms. The van der Waals surface area contributed by atoms with Gasteiger partial charge < -0.3 is 4.74 Å². The fraction of sp³-hybridized carbons (Fsp3) is 0.938. The number of nitrogens with zero attached hydrogens (tertiary/aromatic N) is 1. The van der Waals surface area contributed by atoms with Gasteiger partial charge in [-0.3, -0.25) is 9.69 Å². The van der Waals surface area contributed by atoms with E-state index >= 15 is 0 Å². The van der Waals surface area contributed by atoms with Crippen LogP contribution >= 0.6 is 0 Å². The average molecular weight is 267 g/mol. The van der Waals surface area contributed by atoms with Gasteiger partial charge in [0.1, 0.15) is 5.60 Å². The lowest BCUT2D eigenvalue weighted by molar-refractivity contribution is -0.156. The van der Waals surface area contributed by atoms with E-state index < -0.39 is 0 Å². The maximum absolute atomic E-state index is 12.1. The second-order valence-electron chi connectivity index (χ2n) is 7.12. The van der Waals surface area contributed by atoms with Crippen LogP contribution in [0.4, 0.5) is 0 Å². The van der Waals surface area contributed by atoms with Crippen molar-refractivity contribution in [3.05, 3.63) is 0 Å². The lowest BCUT2D eigenvalue weighted by atomic mass is 9.97. The molecule has 0 aromatic rings. The van der Waals surface area contributed by atoms with Gasteiger partial charge >= 0.3 is 5.97 Å². The first-order valence-corrected chi connectivity index (χ1v) is 7.90. The van der Waals surface area contributed by atoms with Gasteiger partial charge in [0.15, 0.2) is 0 Å². The summed E-state index contributed by atoms with van der Waals surface area (Å²) in [6.45, 7) is 8.02. The highest BCUT2D eigenvalue weighted by Crippen LogP contribution is 2.38. The highest BCUT2D eigenvalue weighted by Gasteiger charge is 2.40. The Hall–Kier alpha value is -0.570. The van der Waals surface area contributed by atoms with Crippen molar-refractivity contribution >= 4 is 5.97 Å². The molecule has 0 aliphatic carbocycles. The van der Waals surface area contributed by atoms with Crippen molar-refractivity contribution in [2.24, 2.45) is 0 Å². The maximum Gasteiger partial charge on any atom is 0.307 e. The summed E-state index contributed by atoms with van der Waals surface area (Å²) in [7, 11) is 0. The van der Waals surface area contributed by atoms with E-state index in [4.69, 9.17) is 4.74 Å². The molecule has 2 aliphatic rings. The van der Waals surface area contributed by atoms with Gasteiger partial charge in [-0.2, -0.15) is 0 Å². The molecule has 3 nitrogen and oxygen atoms in total. The first-order valence-electron chi connectivity index (χ1n) is 7.90. The van der Waals surface area contributed by atoms with E-state index in [9.17, 15) is 4.79 Å². The third-order valence-electron chi connectivity index (χ3n) is 4.47. The fourth-order valence-electron chi connectivity index (χ4n) is 3.79. The van der Waals surface area contributed by atoms with Crippen LogP contribution in [0.5, 0.6) is 0 Å². The van der Waals surface area contributed by atoms with Crippen LogP contribution in [0.25, 0.3) is 0 Å². The molecular formula is C16H29NO2. The lowest BCUT2D eigenvalue weighted by Crippen LogP contribution is -2.47. The van der Waals surface area contributed by atoms with Crippen LogP contribution < -0.4 is 0 Å². The van der Waals surface area contributed by atoms with Gasteiger partial charge in [-0.1, -0.05) is 13.3 Å². The third kappa shape index (κ3) is 3.71. The van der Waals surface area contributed by atoms with E-state index in [-0.39, 0.29) is 11.6 Å². The number of rotatable bonds is 4. The first-order chi connectivity index (χ1) is 8.90. The van der Waals surface area contributed by atoms with Gasteiger partial charge in [-0.15, -0.1) is 0 Å².